The van der Waals surface area contributed by atoms with Crippen LogP contribution in [0.1, 0.15) is 10.5 Å². The van der Waals surface area contributed by atoms with Gasteiger partial charge in [-0.1, -0.05) is 23.2 Å². The number of carbonyl (C=O) groups excluding carboxylic acids is 1. The van der Waals surface area contributed by atoms with Crippen LogP contribution in [0.4, 0.5) is 0 Å². The van der Waals surface area contributed by atoms with Crippen LogP contribution >= 0.6 is 23.2 Å². The normalized spacial score (nSPS) is 10.5. The van der Waals surface area contributed by atoms with E-state index in [9.17, 15) is 4.79 Å². The highest BCUT2D eigenvalue weighted by Gasteiger charge is 2.12. The molecule has 0 aliphatic rings. The SMILES string of the molecule is Cn1nc(C(N)=O)cc1-c1cc(Cl)cc(Cl)c1. The molecule has 1 aromatic heterocycles. The Hall–Kier alpha value is -1.52. The molecule has 0 fully saturated rings. The van der Waals surface area contributed by atoms with Crippen molar-refractivity contribution in [2.24, 2.45) is 12.8 Å². The van der Waals surface area contributed by atoms with E-state index in [1.165, 1.54) is 0 Å². The van der Waals surface area contributed by atoms with Gasteiger partial charge >= 0.3 is 0 Å². The zero-order valence-corrected chi connectivity index (χ0v) is 10.5. The molecule has 0 bridgehead atoms. The molecular formula is C11H9Cl2N3O. The van der Waals surface area contributed by atoms with E-state index >= 15 is 0 Å². The number of halogens is 2. The molecule has 0 unspecified atom stereocenters. The largest absolute Gasteiger partial charge is 0.364 e. The van der Waals surface area contributed by atoms with Crippen LogP contribution in [-0.2, 0) is 7.05 Å². The molecule has 0 saturated heterocycles. The average Bonchev–Trinajstić information content (AvgIpc) is 2.59. The van der Waals surface area contributed by atoms with Crippen LogP contribution in [0.3, 0.4) is 0 Å². The van der Waals surface area contributed by atoms with Crippen LogP contribution in [0.5, 0.6) is 0 Å². The van der Waals surface area contributed by atoms with Crippen molar-refractivity contribution in [3.63, 3.8) is 0 Å². The number of carbonyl (C=O) groups is 1. The van der Waals surface area contributed by atoms with Gasteiger partial charge in [0, 0.05) is 22.7 Å². The maximum atomic E-state index is 11.0. The summed E-state index contributed by atoms with van der Waals surface area (Å²) in [6.07, 6.45) is 0. The van der Waals surface area contributed by atoms with E-state index in [0.29, 0.717) is 10.0 Å². The van der Waals surface area contributed by atoms with E-state index in [1.54, 1.807) is 36.0 Å². The molecule has 1 heterocycles. The second kappa shape index (κ2) is 4.39. The van der Waals surface area contributed by atoms with Crippen molar-refractivity contribution < 1.29 is 4.79 Å². The van der Waals surface area contributed by atoms with Gasteiger partial charge in [-0.05, 0) is 24.3 Å². The van der Waals surface area contributed by atoms with Crippen LogP contribution in [-0.4, -0.2) is 15.7 Å². The third kappa shape index (κ3) is 2.43. The number of benzene rings is 1. The third-order valence-corrected chi connectivity index (χ3v) is 2.73. The van der Waals surface area contributed by atoms with Crippen molar-refractivity contribution in [2.45, 2.75) is 0 Å². The van der Waals surface area contributed by atoms with E-state index in [4.69, 9.17) is 28.9 Å². The van der Waals surface area contributed by atoms with Crippen molar-refractivity contribution in [3.05, 3.63) is 40.0 Å². The Morgan fingerprint density at radius 2 is 1.82 bits per heavy atom. The Balaban J connectivity index is 2.56. The molecule has 1 aromatic carbocycles. The smallest absolute Gasteiger partial charge is 0.269 e. The number of hydrogen-bond donors (Lipinski definition) is 1. The first-order valence-corrected chi connectivity index (χ1v) is 5.53. The lowest BCUT2D eigenvalue weighted by atomic mass is 10.1. The van der Waals surface area contributed by atoms with E-state index in [-0.39, 0.29) is 5.69 Å². The Morgan fingerprint density at radius 3 is 2.29 bits per heavy atom. The molecule has 88 valence electrons. The van der Waals surface area contributed by atoms with Gasteiger partial charge in [0.05, 0.1) is 5.69 Å². The molecule has 1 amide bonds. The first-order chi connectivity index (χ1) is 7.97. The number of rotatable bonds is 2. The summed E-state index contributed by atoms with van der Waals surface area (Å²) >= 11 is 11.8. The zero-order chi connectivity index (χ0) is 12.6. The van der Waals surface area contributed by atoms with Crippen molar-refractivity contribution in [1.29, 1.82) is 0 Å². The highest BCUT2D eigenvalue weighted by molar-refractivity contribution is 6.35. The molecule has 0 aliphatic heterocycles. The lowest BCUT2D eigenvalue weighted by Gasteiger charge is -2.03. The van der Waals surface area contributed by atoms with Crippen LogP contribution < -0.4 is 5.73 Å². The minimum atomic E-state index is -0.569. The molecular weight excluding hydrogens is 261 g/mol. The predicted octanol–water partition coefficient (Wildman–Crippen LogP) is 2.49. The van der Waals surface area contributed by atoms with E-state index in [2.05, 4.69) is 5.10 Å². The van der Waals surface area contributed by atoms with E-state index in [1.807, 2.05) is 0 Å². The molecule has 0 aliphatic carbocycles. The standard InChI is InChI=1S/C11H9Cl2N3O/c1-16-10(5-9(15-16)11(14)17)6-2-7(12)4-8(13)3-6/h2-5H,1H3,(H2,14,17). The highest BCUT2D eigenvalue weighted by atomic mass is 35.5. The summed E-state index contributed by atoms with van der Waals surface area (Å²) in [4.78, 5) is 11.0. The van der Waals surface area contributed by atoms with Gasteiger partial charge in [-0.3, -0.25) is 9.48 Å². The molecule has 0 spiro atoms. The van der Waals surface area contributed by atoms with Crippen molar-refractivity contribution in [1.82, 2.24) is 9.78 Å². The molecule has 2 aromatic rings. The summed E-state index contributed by atoms with van der Waals surface area (Å²) < 4.78 is 1.56. The third-order valence-electron chi connectivity index (χ3n) is 2.29. The minimum absolute atomic E-state index is 0.207. The number of primary amides is 1. The highest BCUT2D eigenvalue weighted by Crippen LogP contribution is 2.27. The van der Waals surface area contributed by atoms with Gasteiger partial charge in [-0.25, -0.2) is 0 Å². The minimum Gasteiger partial charge on any atom is -0.364 e. The molecule has 0 atom stereocenters. The summed E-state index contributed by atoms with van der Waals surface area (Å²) in [7, 11) is 1.72. The fraction of sp³-hybridized carbons (Fsp3) is 0.0909. The lowest BCUT2D eigenvalue weighted by molar-refractivity contribution is 0.0995. The first-order valence-electron chi connectivity index (χ1n) is 4.77. The van der Waals surface area contributed by atoms with Crippen LogP contribution in [0.15, 0.2) is 24.3 Å². The Morgan fingerprint density at radius 1 is 1.24 bits per heavy atom. The molecule has 4 nitrogen and oxygen atoms in total. The summed E-state index contributed by atoms with van der Waals surface area (Å²) in [5.74, 6) is -0.569. The van der Waals surface area contributed by atoms with Gasteiger partial charge in [-0.15, -0.1) is 0 Å². The Labute approximate surface area is 108 Å². The zero-order valence-electron chi connectivity index (χ0n) is 8.95. The quantitative estimate of drug-likeness (QED) is 0.911. The molecule has 0 saturated carbocycles. The monoisotopic (exact) mass is 269 g/mol. The maximum absolute atomic E-state index is 11.0. The fourth-order valence-electron chi connectivity index (χ4n) is 1.56. The number of aryl methyl sites for hydroxylation is 1. The molecule has 2 N–H and O–H groups in total. The topological polar surface area (TPSA) is 60.9 Å². The summed E-state index contributed by atoms with van der Waals surface area (Å²) in [5.41, 5.74) is 6.88. The maximum Gasteiger partial charge on any atom is 0.269 e. The number of hydrogen-bond acceptors (Lipinski definition) is 2. The second-order valence-corrected chi connectivity index (χ2v) is 4.43. The molecule has 2 rings (SSSR count). The molecule has 17 heavy (non-hydrogen) atoms. The Bertz CT molecular complexity index is 572. The predicted molar refractivity (Wildman–Crippen MR) is 67.2 cm³/mol. The van der Waals surface area contributed by atoms with E-state index < -0.39 is 5.91 Å². The van der Waals surface area contributed by atoms with Crippen molar-refractivity contribution >= 4 is 29.1 Å². The van der Waals surface area contributed by atoms with Crippen molar-refractivity contribution in [2.75, 3.05) is 0 Å². The van der Waals surface area contributed by atoms with Crippen molar-refractivity contribution in [3.8, 4) is 11.3 Å². The Kier molecular flexibility index (Phi) is 3.09. The fourth-order valence-corrected chi connectivity index (χ4v) is 2.09. The summed E-state index contributed by atoms with van der Waals surface area (Å²) in [6.45, 7) is 0. The first kappa shape index (κ1) is 12.0. The van der Waals surface area contributed by atoms with Gasteiger partial charge in [0.1, 0.15) is 0 Å². The van der Waals surface area contributed by atoms with Gasteiger partial charge < -0.3 is 5.73 Å². The van der Waals surface area contributed by atoms with Gasteiger partial charge in [-0.2, -0.15) is 5.10 Å². The second-order valence-electron chi connectivity index (χ2n) is 3.56. The number of aromatic nitrogens is 2. The number of nitrogens with two attached hydrogens (primary N) is 1. The van der Waals surface area contributed by atoms with Crippen LogP contribution in [0.2, 0.25) is 10.0 Å². The van der Waals surface area contributed by atoms with Gasteiger partial charge in [0.2, 0.25) is 0 Å². The summed E-state index contributed by atoms with van der Waals surface area (Å²) in [5, 5.41) is 5.05. The number of amides is 1. The average molecular weight is 270 g/mol. The van der Waals surface area contributed by atoms with Gasteiger partial charge in [0.25, 0.3) is 5.91 Å². The van der Waals surface area contributed by atoms with E-state index in [0.717, 1.165) is 11.3 Å². The summed E-state index contributed by atoms with van der Waals surface area (Å²) in [6, 6.07) is 6.73. The van der Waals surface area contributed by atoms with Crippen LogP contribution in [0, 0.1) is 0 Å². The van der Waals surface area contributed by atoms with Crippen LogP contribution in [0.25, 0.3) is 11.3 Å². The lowest BCUT2D eigenvalue weighted by Crippen LogP contribution is -2.11. The molecule has 6 heteroatoms. The molecule has 0 radical (unpaired) electrons. The number of nitrogens with zero attached hydrogens (tertiary/aromatic N) is 2. The van der Waals surface area contributed by atoms with Gasteiger partial charge in [0.15, 0.2) is 5.69 Å².